The highest BCUT2D eigenvalue weighted by molar-refractivity contribution is 6.00. The molecule has 1 aliphatic heterocycles. The van der Waals surface area contributed by atoms with E-state index < -0.39 is 29.1 Å². The maximum atomic E-state index is 13.3. The molecule has 1 atom stereocenters. The molecule has 7 heterocycles. The molecule has 23 heteroatoms. The van der Waals surface area contributed by atoms with Gasteiger partial charge >= 0.3 is 12.4 Å². The number of benzene rings is 5. The molecular weight excluding hydrogens is 1320 g/mol. The van der Waals surface area contributed by atoms with Gasteiger partial charge in [-0.1, -0.05) is 38.1 Å². The lowest BCUT2D eigenvalue weighted by molar-refractivity contribution is -0.138. The third-order valence-corrected chi connectivity index (χ3v) is 19.6. The Hall–Kier alpha value is -9.74. The maximum absolute atomic E-state index is 13.3. The highest BCUT2D eigenvalue weighted by Crippen LogP contribution is 2.43. The lowest BCUT2D eigenvalue weighted by Gasteiger charge is -2.39. The summed E-state index contributed by atoms with van der Waals surface area (Å²) in [7, 11) is 0. The van der Waals surface area contributed by atoms with Gasteiger partial charge in [-0.2, -0.15) is 41.6 Å². The molecule has 11 aromatic rings. The predicted octanol–water partition coefficient (Wildman–Crippen LogP) is 18.3. The fraction of sp³-hybridized carbons (Fsp3) is 0.400. The maximum Gasteiger partial charge on any atom is 0.416 e. The lowest BCUT2D eigenvalue weighted by atomic mass is 9.83. The number of aliphatic hydroxyl groups is 1. The van der Waals surface area contributed by atoms with Crippen LogP contribution in [0.3, 0.4) is 0 Å². The number of aromatic nitrogens is 9. The second-order valence-corrected chi connectivity index (χ2v) is 26.3. The molecule has 0 spiro atoms. The van der Waals surface area contributed by atoms with Crippen LogP contribution in [-0.4, -0.2) is 113 Å². The van der Waals surface area contributed by atoms with Crippen LogP contribution in [-0.2, 0) is 24.5 Å². The van der Waals surface area contributed by atoms with E-state index in [4.69, 9.17) is 14.2 Å². The number of piperidine rings is 1. The molecule has 0 aliphatic carbocycles. The molecule has 17 nitrogen and oxygen atoms in total. The van der Waals surface area contributed by atoms with Crippen molar-refractivity contribution in [1.29, 1.82) is 0 Å². The summed E-state index contributed by atoms with van der Waals surface area (Å²) in [5.41, 5.74) is 10.5. The third-order valence-electron chi connectivity index (χ3n) is 19.6. The first kappa shape index (κ1) is 75.9. The number of nitrogens with zero attached hydrogens (tertiary/aromatic N) is 11. The Labute approximate surface area is 599 Å². The van der Waals surface area contributed by atoms with Crippen molar-refractivity contribution in [3.63, 3.8) is 0 Å². The zero-order valence-electron chi connectivity index (χ0n) is 61.7. The SMILES string of the molecule is CCOc1ccc(-n2c(C)c3c(C)nnc(N4CCC(O)(c5cccc(C(F)(F)F)c5)CC4)c3c2C)cc1.CCOc1ccc(-n2c(C)c3c(C)nnc(NC(C)CCCN(CC)CC)c3c2C)cc1.CCOc1ccc(-n2c(C)c3c(C)nnc(NCc4ccc(C(F)(F)F)cc4)c3c2C)cc1. The van der Waals surface area contributed by atoms with E-state index in [-0.39, 0.29) is 12.8 Å². The number of rotatable bonds is 22. The molecule has 0 saturated carbocycles. The van der Waals surface area contributed by atoms with E-state index in [1.54, 1.807) is 6.07 Å². The molecule has 3 N–H and O–H groups in total. The van der Waals surface area contributed by atoms with E-state index in [2.05, 4.69) is 125 Å². The molecule has 546 valence electrons. The summed E-state index contributed by atoms with van der Waals surface area (Å²) in [5.74, 6) is 4.72. The first-order valence-corrected chi connectivity index (χ1v) is 35.4. The fourth-order valence-electron chi connectivity index (χ4n) is 14.4. The summed E-state index contributed by atoms with van der Waals surface area (Å²) in [5, 5.41) is 51.3. The molecule has 1 saturated heterocycles. The average Bonchev–Trinajstić information content (AvgIpc) is 1.62. The van der Waals surface area contributed by atoms with Gasteiger partial charge in [-0.05, 0) is 244 Å². The molecule has 12 rings (SSSR count). The molecule has 0 amide bonds. The Bertz CT molecular complexity index is 4710. The van der Waals surface area contributed by atoms with Crippen LogP contribution >= 0.6 is 0 Å². The quantitative estimate of drug-likeness (QED) is 0.0548. The van der Waals surface area contributed by atoms with E-state index in [0.717, 1.165) is 163 Å². The van der Waals surface area contributed by atoms with Gasteiger partial charge in [0, 0.05) is 109 Å². The van der Waals surface area contributed by atoms with E-state index in [9.17, 15) is 31.4 Å². The second kappa shape index (κ2) is 32.3. The molecule has 0 radical (unpaired) electrons. The van der Waals surface area contributed by atoms with Crippen molar-refractivity contribution in [2.75, 3.05) is 68.1 Å². The summed E-state index contributed by atoms with van der Waals surface area (Å²) in [6.07, 6.45) is -5.97. The zero-order valence-corrected chi connectivity index (χ0v) is 61.7. The second-order valence-electron chi connectivity index (χ2n) is 26.3. The summed E-state index contributed by atoms with van der Waals surface area (Å²) < 4.78 is 102. The number of hydrogen-bond donors (Lipinski definition) is 3. The van der Waals surface area contributed by atoms with Crippen molar-refractivity contribution in [2.24, 2.45) is 0 Å². The minimum Gasteiger partial charge on any atom is -0.494 e. The van der Waals surface area contributed by atoms with Gasteiger partial charge in [0.1, 0.15) is 17.2 Å². The smallest absolute Gasteiger partial charge is 0.416 e. The molecule has 1 aliphatic rings. The van der Waals surface area contributed by atoms with Gasteiger partial charge < -0.3 is 53.5 Å². The van der Waals surface area contributed by atoms with E-state index in [1.807, 2.05) is 116 Å². The van der Waals surface area contributed by atoms with Crippen LogP contribution in [0.5, 0.6) is 17.2 Å². The minimum absolute atomic E-state index is 0.281. The van der Waals surface area contributed by atoms with Crippen LogP contribution in [0.25, 0.3) is 49.4 Å². The number of ether oxygens (including phenoxy) is 3. The van der Waals surface area contributed by atoms with Crippen LogP contribution in [0.2, 0.25) is 0 Å². The van der Waals surface area contributed by atoms with Gasteiger partial charge in [-0.15, -0.1) is 15.3 Å². The Kier molecular flexibility index (Phi) is 23.8. The first-order valence-electron chi connectivity index (χ1n) is 35.4. The monoisotopic (exact) mass is 1420 g/mol. The van der Waals surface area contributed by atoms with Crippen molar-refractivity contribution >= 4 is 49.8 Å². The Balaban J connectivity index is 0.000000167. The van der Waals surface area contributed by atoms with Crippen LogP contribution in [0.1, 0.15) is 141 Å². The van der Waals surface area contributed by atoms with Crippen LogP contribution in [0.15, 0.2) is 121 Å². The Morgan fingerprint density at radius 3 is 1.34 bits per heavy atom. The molecule has 5 aromatic carbocycles. The van der Waals surface area contributed by atoms with Crippen LogP contribution in [0, 0.1) is 62.3 Å². The first-order chi connectivity index (χ1) is 49.1. The van der Waals surface area contributed by atoms with Gasteiger partial charge in [0.15, 0.2) is 17.5 Å². The van der Waals surface area contributed by atoms with Crippen molar-refractivity contribution < 1.29 is 45.7 Å². The highest BCUT2D eigenvalue weighted by atomic mass is 19.4. The average molecular weight is 1420 g/mol. The number of halogens is 6. The van der Waals surface area contributed by atoms with E-state index in [0.29, 0.717) is 56.9 Å². The summed E-state index contributed by atoms with van der Waals surface area (Å²) in [6, 6.07) is 34.6. The number of nitrogens with one attached hydrogen (secondary N) is 2. The molecule has 103 heavy (non-hydrogen) atoms. The highest BCUT2D eigenvalue weighted by Gasteiger charge is 2.39. The number of hydrogen-bond acceptors (Lipinski definition) is 14. The summed E-state index contributed by atoms with van der Waals surface area (Å²) >= 11 is 0. The normalized spacial score (nSPS) is 13.4. The van der Waals surface area contributed by atoms with Gasteiger partial charge in [0.05, 0.1) is 53.6 Å². The van der Waals surface area contributed by atoms with Crippen molar-refractivity contribution in [2.45, 2.75) is 160 Å². The standard InChI is InChI=1S/C29H31F3N4O2.C26H39N5O.C25H25F3N4O/c1-5-38-24-11-9-23(10-12-24)36-19(3)25-18(2)33-34-27(26(25)20(36)4)35-15-13-28(37,14-16-35)21-7-6-8-22(17-21)29(30,31)32;1-8-30(9-2)17-11-12-18(4)27-26-25-21(7)31(20(6)24(25)19(5)28-29-26)22-13-15-23(16-14-22)32-10-3;1-5-33-21-12-10-20(11-13-21)32-16(3)22-15(2)30-31-24(23(22)17(32)4)29-14-18-6-8-19(9-7-18)25(26,27)28/h6-12,17,37H,5,13-16H2,1-4H3;13-16,18H,8-12,17H2,1-7H3,(H,27,29);6-13H,5,14H2,1-4H3,(H,29,31). The number of fused-ring (bicyclic) bond motifs is 3. The molecular formula is C80H95F6N13O4. The molecule has 1 fully saturated rings. The van der Waals surface area contributed by atoms with Gasteiger partial charge in [0.2, 0.25) is 0 Å². The summed E-state index contributed by atoms with van der Waals surface area (Å²) in [4.78, 5) is 4.55. The topological polar surface area (TPSA) is 171 Å². The zero-order chi connectivity index (χ0) is 74.2. The van der Waals surface area contributed by atoms with Gasteiger partial charge in [-0.25, -0.2) is 0 Å². The van der Waals surface area contributed by atoms with E-state index in [1.165, 1.54) is 46.8 Å². The predicted molar refractivity (Wildman–Crippen MR) is 398 cm³/mol. The lowest BCUT2D eigenvalue weighted by Crippen LogP contribution is -2.43. The molecule has 1 unspecified atom stereocenters. The fourth-order valence-corrected chi connectivity index (χ4v) is 14.4. The van der Waals surface area contributed by atoms with Crippen molar-refractivity contribution in [1.82, 2.24) is 49.2 Å². The summed E-state index contributed by atoms with van der Waals surface area (Å²) in [6.45, 7) is 37.5. The molecule has 6 aromatic heterocycles. The van der Waals surface area contributed by atoms with Crippen LogP contribution in [0.4, 0.5) is 43.8 Å². The van der Waals surface area contributed by atoms with Crippen molar-refractivity contribution in [3.8, 4) is 34.3 Å². The minimum atomic E-state index is -4.46. The van der Waals surface area contributed by atoms with Gasteiger partial charge in [-0.3, -0.25) is 0 Å². The van der Waals surface area contributed by atoms with Crippen molar-refractivity contribution in [3.05, 3.63) is 195 Å². The number of anilines is 3. The van der Waals surface area contributed by atoms with E-state index >= 15 is 0 Å². The largest absolute Gasteiger partial charge is 0.494 e. The Morgan fingerprint density at radius 1 is 0.495 bits per heavy atom. The Morgan fingerprint density at radius 2 is 0.903 bits per heavy atom. The van der Waals surface area contributed by atoms with Crippen LogP contribution < -0.4 is 29.7 Å². The number of aryl methyl sites for hydroxylation is 9. The number of alkyl halides is 6. The third kappa shape index (κ3) is 16.5. The molecule has 0 bridgehead atoms. The van der Waals surface area contributed by atoms with Gasteiger partial charge in [0.25, 0.3) is 0 Å².